The Balaban J connectivity index is 1.92. The molecule has 0 saturated heterocycles. The number of aromatic nitrogens is 3. The number of hydrogen-bond acceptors (Lipinski definition) is 5. The van der Waals surface area contributed by atoms with Crippen LogP contribution in [0.15, 0.2) is 47.1 Å². The lowest BCUT2D eigenvalue weighted by atomic mass is 10.2. The second-order valence-electron chi connectivity index (χ2n) is 4.59. The van der Waals surface area contributed by atoms with Crippen molar-refractivity contribution in [2.45, 2.75) is 6.36 Å². The van der Waals surface area contributed by atoms with Gasteiger partial charge in [0.2, 0.25) is 0 Å². The van der Waals surface area contributed by atoms with Gasteiger partial charge < -0.3 is 9.15 Å². The summed E-state index contributed by atoms with van der Waals surface area (Å²) in [6.07, 6.45) is -1.74. The van der Waals surface area contributed by atoms with Gasteiger partial charge in [0, 0.05) is 23.0 Å². The van der Waals surface area contributed by atoms with Crippen LogP contribution < -0.4 is 4.74 Å². The standard InChI is InChI=1S/C16H7ClF3N3O2/c17-11-4-5-13(25-16(18,19)20)12(8-11)15-23-22-14(24-15)6-3-10-2-1-7-21-9-10/h1-2,4-5,7-9H. The molecule has 0 N–H and O–H groups in total. The van der Waals surface area contributed by atoms with Crippen LogP contribution >= 0.6 is 11.6 Å². The van der Waals surface area contributed by atoms with Gasteiger partial charge in [0.25, 0.3) is 11.8 Å². The molecule has 2 aromatic heterocycles. The molecule has 0 radical (unpaired) electrons. The van der Waals surface area contributed by atoms with Gasteiger partial charge in [-0.15, -0.1) is 18.3 Å². The lowest BCUT2D eigenvalue weighted by Crippen LogP contribution is -2.17. The third-order valence-corrected chi connectivity index (χ3v) is 3.03. The Hall–Kier alpha value is -3.05. The summed E-state index contributed by atoms with van der Waals surface area (Å²) in [6, 6.07) is 6.98. The summed E-state index contributed by atoms with van der Waals surface area (Å²) in [5.74, 6) is 4.57. The van der Waals surface area contributed by atoms with E-state index in [0.717, 1.165) is 6.07 Å². The van der Waals surface area contributed by atoms with Gasteiger partial charge in [0.15, 0.2) is 0 Å². The van der Waals surface area contributed by atoms with E-state index in [1.807, 2.05) is 0 Å². The Bertz CT molecular complexity index is 946. The van der Waals surface area contributed by atoms with Crippen LogP contribution in [0.3, 0.4) is 0 Å². The fraction of sp³-hybridized carbons (Fsp3) is 0.0625. The SMILES string of the molecule is FC(F)(F)Oc1ccc(Cl)cc1-c1nnc(C#Cc2cccnc2)o1. The molecule has 0 bridgehead atoms. The van der Waals surface area contributed by atoms with E-state index in [-0.39, 0.29) is 22.4 Å². The minimum Gasteiger partial charge on any atom is -0.410 e. The zero-order valence-electron chi connectivity index (χ0n) is 12.2. The molecule has 0 spiro atoms. The van der Waals surface area contributed by atoms with E-state index in [1.165, 1.54) is 18.3 Å². The van der Waals surface area contributed by atoms with E-state index in [1.54, 1.807) is 18.3 Å². The number of pyridine rings is 1. The van der Waals surface area contributed by atoms with Crippen LogP contribution in [-0.4, -0.2) is 21.5 Å². The normalized spacial score (nSPS) is 10.9. The van der Waals surface area contributed by atoms with Gasteiger partial charge >= 0.3 is 6.36 Å². The van der Waals surface area contributed by atoms with E-state index in [4.69, 9.17) is 16.0 Å². The smallest absolute Gasteiger partial charge is 0.410 e. The Morgan fingerprint density at radius 1 is 1.12 bits per heavy atom. The van der Waals surface area contributed by atoms with E-state index in [0.29, 0.717) is 5.56 Å². The molecule has 9 heteroatoms. The molecular weight excluding hydrogens is 359 g/mol. The molecule has 0 atom stereocenters. The fourth-order valence-electron chi connectivity index (χ4n) is 1.83. The average Bonchev–Trinajstić information content (AvgIpc) is 3.03. The highest BCUT2D eigenvalue weighted by molar-refractivity contribution is 6.30. The van der Waals surface area contributed by atoms with Crippen LogP contribution in [0.1, 0.15) is 11.5 Å². The number of halogens is 4. The topological polar surface area (TPSA) is 61.0 Å². The predicted molar refractivity (Wildman–Crippen MR) is 81.6 cm³/mol. The van der Waals surface area contributed by atoms with Gasteiger partial charge in [-0.25, -0.2) is 0 Å². The Labute approximate surface area is 144 Å². The van der Waals surface area contributed by atoms with E-state index in [2.05, 4.69) is 31.8 Å². The van der Waals surface area contributed by atoms with Crippen molar-refractivity contribution in [2.75, 3.05) is 0 Å². The number of rotatable bonds is 2. The first-order valence-electron chi connectivity index (χ1n) is 6.72. The summed E-state index contributed by atoms with van der Waals surface area (Å²) in [6.45, 7) is 0. The summed E-state index contributed by atoms with van der Waals surface area (Å²) in [5, 5.41) is 7.56. The van der Waals surface area contributed by atoms with Crippen molar-refractivity contribution in [2.24, 2.45) is 0 Å². The van der Waals surface area contributed by atoms with Crippen LogP contribution in [0.25, 0.3) is 11.5 Å². The predicted octanol–water partition coefficient (Wildman–Crippen LogP) is 4.08. The van der Waals surface area contributed by atoms with Gasteiger partial charge in [-0.1, -0.05) is 22.6 Å². The van der Waals surface area contributed by atoms with Crippen LogP contribution in [-0.2, 0) is 0 Å². The van der Waals surface area contributed by atoms with E-state index < -0.39 is 12.1 Å². The highest BCUT2D eigenvalue weighted by Gasteiger charge is 2.33. The first kappa shape index (κ1) is 16.8. The number of hydrogen-bond donors (Lipinski definition) is 0. The van der Waals surface area contributed by atoms with Crippen molar-refractivity contribution in [3.63, 3.8) is 0 Å². The van der Waals surface area contributed by atoms with Crippen LogP contribution in [0.4, 0.5) is 13.2 Å². The third-order valence-electron chi connectivity index (χ3n) is 2.80. The van der Waals surface area contributed by atoms with Crippen LogP contribution in [0.2, 0.25) is 5.02 Å². The quantitative estimate of drug-likeness (QED) is 0.640. The maximum absolute atomic E-state index is 12.5. The number of ether oxygens (including phenoxy) is 1. The van der Waals surface area contributed by atoms with E-state index in [9.17, 15) is 13.2 Å². The molecule has 126 valence electrons. The van der Waals surface area contributed by atoms with Crippen molar-refractivity contribution in [3.8, 4) is 29.0 Å². The van der Waals surface area contributed by atoms with Gasteiger partial charge in [-0.3, -0.25) is 4.98 Å². The van der Waals surface area contributed by atoms with Gasteiger partial charge in [-0.05, 0) is 36.3 Å². The molecule has 0 aliphatic rings. The molecule has 0 unspecified atom stereocenters. The molecule has 0 aliphatic heterocycles. The minimum atomic E-state index is -4.87. The summed E-state index contributed by atoms with van der Waals surface area (Å²) >= 11 is 5.82. The number of alkyl halides is 3. The molecule has 1 aromatic carbocycles. The molecular formula is C16H7ClF3N3O2. The molecule has 3 aromatic rings. The largest absolute Gasteiger partial charge is 0.573 e. The first-order valence-corrected chi connectivity index (χ1v) is 7.10. The van der Waals surface area contributed by atoms with Crippen molar-refractivity contribution < 1.29 is 22.3 Å². The average molecular weight is 366 g/mol. The molecule has 5 nitrogen and oxygen atoms in total. The molecule has 25 heavy (non-hydrogen) atoms. The summed E-state index contributed by atoms with van der Waals surface area (Å²) in [4.78, 5) is 3.90. The third kappa shape index (κ3) is 4.49. The molecule has 0 amide bonds. The van der Waals surface area contributed by atoms with Crippen molar-refractivity contribution >= 4 is 11.6 Å². The zero-order chi connectivity index (χ0) is 17.9. The highest BCUT2D eigenvalue weighted by atomic mass is 35.5. The lowest BCUT2D eigenvalue weighted by molar-refractivity contribution is -0.274. The zero-order valence-corrected chi connectivity index (χ0v) is 13.0. The highest BCUT2D eigenvalue weighted by Crippen LogP contribution is 2.35. The van der Waals surface area contributed by atoms with Gasteiger partial charge in [0.05, 0.1) is 5.56 Å². The molecule has 0 saturated carbocycles. The Morgan fingerprint density at radius 2 is 1.96 bits per heavy atom. The monoisotopic (exact) mass is 365 g/mol. The number of benzene rings is 1. The molecule has 0 fully saturated rings. The van der Waals surface area contributed by atoms with Crippen LogP contribution in [0.5, 0.6) is 5.75 Å². The van der Waals surface area contributed by atoms with Crippen molar-refractivity contribution in [1.29, 1.82) is 0 Å². The second kappa shape index (κ2) is 6.83. The molecule has 0 aliphatic carbocycles. The number of nitrogens with zero attached hydrogens (tertiary/aromatic N) is 3. The summed E-state index contributed by atoms with van der Waals surface area (Å²) in [5.41, 5.74) is 0.526. The maximum Gasteiger partial charge on any atom is 0.573 e. The first-order chi connectivity index (χ1) is 11.9. The van der Waals surface area contributed by atoms with Crippen molar-refractivity contribution in [3.05, 3.63) is 59.2 Å². The van der Waals surface area contributed by atoms with Gasteiger partial charge in [0.1, 0.15) is 5.75 Å². The summed E-state index contributed by atoms with van der Waals surface area (Å²) < 4.78 is 46.7. The van der Waals surface area contributed by atoms with E-state index >= 15 is 0 Å². The Kier molecular flexibility index (Phi) is 4.59. The lowest BCUT2D eigenvalue weighted by Gasteiger charge is -2.11. The Morgan fingerprint density at radius 3 is 2.68 bits per heavy atom. The minimum absolute atomic E-state index is 0.0724. The fourth-order valence-corrected chi connectivity index (χ4v) is 2.00. The molecule has 2 heterocycles. The van der Waals surface area contributed by atoms with Crippen LogP contribution in [0, 0.1) is 11.8 Å². The second-order valence-corrected chi connectivity index (χ2v) is 5.03. The molecule has 3 rings (SSSR count). The summed E-state index contributed by atoms with van der Waals surface area (Å²) in [7, 11) is 0. The maximum atomic E-state index is 12.5. The van der Waals surface area contributed by atoms with Crippen molar-refractivity contribution in [1.82, 2.24) is 15.2 Å². The van der Waals surface area contributed by atoms with Gasteiger partial charge in [-0.2, -0.15) is 0 Å².